The monoisotopic (exact) mass is 373 g/mol. The molecule has 0 atom stereocenters. The largest absolute Gasteiger partial charge is 0.494 e. The van der Waals surface area contributed by atoms with Crippen LogP contribution in [0.4, 0.5) is 5.69 Å². The fraction of sp³-hybridized carbons (Fsp3) is 0.211. The van der Waals surface area contributed by atoms with Crippen molar-refractivity contribution in [3.8, 4) is 5.75 Å². The molecule has 0 spiro atoms. The van der Waals surface area contributed by atoms with Gasteiger partial charge in [0.1, 0.15) is 5.75 Å². The van der Waals surface area contributed by atoms with Crippen molar-refractivity contribution in [2.75, 3.05) is 11.9 Å². The number of hydrogen-bond donors (Lipinski definition) is 2. The number of nitrogens with zero attached hydrogens (tertiary/aromatic N) is 1. The summed E-state index contributed by atoms with van der Waals surface area (Å²) in [7, 11) is 0. The Bertz CT molecular complexity index is 793. The molecule has 26 heavy (non-hydrogen) atoms. The standard InChI is InChI=1S/C19H20ClN3O3/c1-2-26-15-7-5-6-14(12-15)13-21-23-19(25)11-10-18(24)22-17-9-4-3-8-16(17)20/h3-9,12-13H,2,10-11H2,1H3,(H,22,24)(H,23,25). The molecule has 0 aliphatic rings. The maximum Gasteiger partial charge on any atom is 0.240 e. The highest BCUT2D eigenvalue weighted by Gasteiger charge is 2.08. The van der Waals surface area contributed by atoms with Crippen molar-refractivity contribution in [3.63, 3.8) is 0 Å². The first-order chi connectivity index (χ1) is 12.6. The fourth-order valence-electron chi connectivity index (χ4n) is 2.09. The summed E-state index contributed by atoms with van der Waals surface area (Å²) >= 11 is 5.97. The maximum absolute atomic E-state index is 11.9. The van der Waals surface area contributed by atoms with E-state index in [4.69, 9.17) is 16.3 Å². The quantitative estimate of drug-likeness (QED) is 0.548. The number of ether oxygens (including phenoxy) is 1. The van der Waals surface area contributed by atoms with Crippen LogP contribution in [0.25, 0.3) is 0 Å². The van der Waals surface area contributed by atoms with Gasteiger partial charge < -0.3 is 10.1 Å². The lowest BCUT2D eigenvalue weighted by atomic mass is 10.2. The van der Waals surface area contributed by atoms with Gasteiger partial charge in [-0.15, -0.1) is 0 Å². The van der Waals surface area contributed by atoms with Crippen LogP contribution in [0, 0.1) is 0 Å². The Labute approximate surface area is 157 Å². The van der Waals surface area contributed by atoms with Gasteiger partial charge in [0, 0.05) is 12.8 Å². The third-order valence-electron chi connectivity index (χ3n) is 3.30. The number of carbonyl (C=O) groups excluding carboxylic acids is 2. The zero-order chi connectivity index (χ0) is 18.8. The third kappa shape index (κ3) is 6.57. The summed E-state index contributed by atoms with van der Waals surface area (Å²) < 4.78 is 5.39. The van der Waals surface area contributed by atoms with E-state index in [9.17, 15) is 9.59 Å². The Hall–Kier alpha value is -2.86. The summed E-state index contributed by atoms with van der Waals surface area (Å²) in [5, 5.41) is 7.00. The molecule has 2 amide bonds. The van der Waals surface area contributed by atoms with E-state index >= 15 is 0 Å². The lowest BCUT2D eigenvalue weighted by Crippen LogP contribution is -2.20. The molecule has 0 saturated heterocycles. The van der Waals surface area contributed by atoms with Crippen LogP contribution in [0.3, 0.4) is 0 Å². The molecular formula is C19H20ClN3O3. The minimum absolute atomic E-state index is 0.0204. The number of halogens is 1. The highest BCUT2D eigenvalue weighted by atomic mass is 35.5. The van der Waals surface area contributed by atoms with E-state index in [2.05, 4.69) is 15.8 Å². The first kappa shape index (κ1) is 19.5. The van der Waals surface area contributed by atoms with E-state index in [1.54, 1.807) is 24.3 Å². The molecular weight excluding hydrogens is 354 g/mol. The Morgan fingerprint density at radius 2 is 1.88 bits per heavy atom. The average molecular weight is 374 g/mol. The van der Waals surface area contributed by atoms with Crippen LogP contribution in [0.5, 0.6) is 5.75 Å². The Kier molecular flexibility index (Phi) is 7.64. The second kappa shape index (κ2) is 10.2. The van der Waals surface area contributed by atoms with Gasteiger partial charge in [0.05, 0.1) is 23.5 Å². The first-order valence-corrected chi connectivity index (χ1v) is 8.55. The van der Waals surface area contributed by atoms with Crippen LogP contribution in [-0.2, 0) is 9.59 Å². The number of anilines is 1. The smallest absolute Gasteiger partial charge is 0.240 e. The van der Waals surface area contributed by atoms with Crippen molar-refractivity contribution >= 4 is 35.3 Å². The van der Waals surface area contributed by atoms with Crippen molar-refractivity contribution in [3.05, 3.63) is 59.1 Å². The minimum Gasteiger partial charge on any atom is -0.494 e. The number of benzene rings is 2. The molecule has 0 heterocycles. The molecule has 2 N–H and O–H groups in total. The molecule has 6 nitrogen and oxygen atoms in total. The summed E-state index contributed by atoms with van der Waals surface area (Å²) in [6.07, 6.45) is 1.57. The van der Waals surface area contributed by atoms with Crippen molar-refractivity contribution < 1.29 is 14.3 Å². The van der Waals surface area contributed by atoms with E-state index in [0.29, 0.717) is 17.3 Å². The molecule has 0 fully saturated rings. The van der Waals surface area contributed by atoms with Crippen LogP contribution in [0.1, 0.15) is 25.3 Å². The van der Waals surface area contributed by atoms with Gasteiger partial charge >= 0.3 is 0 Å². The molecule has 0 aliphatic heterocycles. The van der Waals surface area contributed by atoms with Gasteiger partial charge in [-0.25, -0.2) is 5.43 Å². The molecule has 0 saturated carbocycles. The normalized spacial score (nSPS) is 10.5. The molecule has 0 aliphatic carbocycles. The summed E-state index contributed by atoms with van der Waals surface area (Å²) in [5.74, 6) is 0.0946. The van der Waals surface area contributed by atoms with Gasteiger partial charge in [-0.05, 0) is 36.8 Å². The SMILES string of the molecule is CCOc1cccc(C=NNC(=O)CCC(=O)Nc2ccccc2Cl)c1. The van der Waals surface area contributed by atoms with Gasteiger partial charge in [-0.1, -0.05) is 35.9 Å². The van der Waals surface area contributed by atoms with Crippen molar-refractivity contribution in [2.24, 2.45) is 5.10 Å². The molecule has 136 valence electrons. The highest BCUT2D eigenvalue weighted by Crippen LogP contribution is 2.20. The zero-order valence-electron chi connectivity index (χ0n) is 14.4. The molecule has 2 aromatic rings. The van der Waals surface area contributed by atoms with Crippen molar-refractivity contribution in [1.29, 1.82) is 0 Å². The number of amides is 2. The Morgan fingerprint density at radius 1 is 1.12 bits per heavy atom. The third-order valence-corrected chi connectivity index (χ3v) is 3.63. The number of para-hydroxylation sites is 1. The van der Waals surface area contributed by atoms with Crippen molar-refractivity contribution in [1.82, 2.24) is 5.43 Å². The molecule has 0 aromatic heterocycles. The van der Waals surface area contributed by atoms with E-state index < -0.39 is 0 Å². The van der Waals surface area contributed by atoms with Gasteiger partial charge in [0.15, 0.2) is 0 Å². The highest BCUT2D eigenvalue weighted by molar-refractivity contribution is 6.33. The summed E-state index contributed by atoms with van der Waals surface area (Å²) in [4.78, 5) is 23.6. The second-order valence-electron chi connectivity index (χ2n) is 5.33. The van der Waals surface area contributed by atoms with Gasteiger partial charge in [-0.2, -0.15) is 5.10 Å². The molecule has 2 rings (SSSR count). The van der Waals surface area contributed by atoms with Crippen molar-refractivity contribution in [2.45, 2.75) is 19.8 Å². The Balaban J connectivity index is 1.75. The van der Waals surface area contributed by atoms with E-state index in [0.717, 1.165) is 11.3 Å². The van der Waals surface area contributed by atoms with E-state index in [1.807, 2.05) is 31.2 Å². The van der Waals surface area contributed by atoms with Crippen LogP contribution in [0.2, 0.25) is 5.02 Å². The number of hydrogen-bond acceptors (Lipinski definition) is 4. The molecule has 0 unspecified atom stereocenters. The zero-order valence-corrected chi connectivity index (χ0v) is 15.1. The second-order valence-corrected chi connectivity index (χ2v) is 5.73. The summed E-state index contributed by atoms with van der Waals surface area (Å²) in [6, 6.07) is 14.3. The van der Waals surface area contributed by atoms with Gasteiger partial charge in [-0.3, -0.25) is 9.59 Å². The number of hydrazone groups is 1. The van der Waals surface area contributed by atoms with Crippen LogP contribution in [-0.4, -0.2) is 24.6 Å². The average Bonchev–Trinajstić information content (AvgIpc) is 2.63. The minimum atomic E-state index is -0.350. The number of rotatable bonds is 8. The topological polar surface area (TPSA) is 79.8 Å². The van der Waals surface area contributed by atoms with Gasteiger partial charge in [0.2, 0.25) is 11.8 Å². The van der Waals surface area contributed by atoms with Crippen LogP contribution >= 0.6 is 11.6 Å². The van der Waals surface area contributed by atoms with Crippen LogP contribution < -0.4 is 15.5 Å². The molecule has 2 aromatic carbocycles. The molecule has 7 heteroatoms. The fourth-order valence-corrected chi connectivity index (χ4v) is 2.27. The first-order valence-electron chi connectivity index (χ1n) is 8.17. The predicted octanol–water partition coefficient (Wildman–Crippen LogP) is 3.61. The summed E-state index contributed by atoms with van der Waals surface area (Å²) in [6.45, 7) is 2.48. The number of carbonyl (C=O) groups is 2. The lowest BCUT2D eigenvalue weighted by Gasteiger charge is -2.06. The maximum atomic E-state index is 11.9. The summed E-state index contributed by atoms with van der Waals surface area (Å²) in [5.41, 5.74) is 3.72. The lowest BCUT2D eigenvalue weighted by molar-refractivity contribution is -0.124. The number of nitrogens with one attached hydrogen (secondary N) is 2. The molecule has 0 radical (unpaired) electrons. The van der Waals surface area contributed by atoms with Crippen LogP contribution in [0.15, 0.2) is 53.6 Å². The van der Waals surface area contributed by atoms with Gasteiger partial charge in [0.25, 0.3) is 0 Å². The van der Waals surface area contributed by atoms with E-state index in [-0.39, 0.29) is 24.7 Å². The Morgan fingerprint density at radius 3 is 2.65 bits per heavy atom. The van der Waals surface area contributed by atoms with E-state index in [1.165, 1.54) is 6.21 Å². The predicted molar refractivity (Wildman–Crippen MR) is 103 cm³/mol. The molecule has 0 bridgehead atoms.